The molecule has 0 aromatic heterocycles. The Labute approximate surface area is 90.8 Å². The minimum atomic E-state index is 0.286. The van der Waals surface area contributed by atoms with E-state index in [-0.39, 0.29) is 5.78 Å². The second-order valence-corrected chi connectivity index (χ2v) is 4.36. The summed E-state index contributed by atoms with van der Waals surface area (Å²) in [5.41, 5.74) is 5.26. The predicted molar refractivity (Wildman–Crippen MR) is 61.9 cm³/mol. The minimum Gasteiger partial charge on any atom is -0.295 e. The molecule has 0 bridgehead atoms. The summed E-state index contributed by atoms with van der Waals surface area (Å²) >= 11 is 0. The molecule has 0 aliphatic heterocycles. The summed E-state index contributed by atoms with van der Waals surface area (Å²) in [6.07, 6.45) is 4.41. The fraction of sp³-hybridized carbons (Fsp3) is 0.357. The molecule has 0 heterocycles. The maximum Gasteiger partial charge on any atom is 0.155 e. The van der Waals surface area contributed by atoms with Crippen molar-refractivity contribution in [2.24, 2.45) is 0 Å². The van der Waals surface area contributed by atoms with Crippen molar-refractivity contribution in [3.63, 3.8) is 0 Å². The zero-order valence-electron chi connectivity index (χ0n) is 9.34. The van der Waals surface area contributed by atoms with Gasteiger partial charge in [-0.15, -0.1) is 0 Å². The van der Waals surface area contributed by atoms with Crippen LogP contribution in [0.5, 0.6) is 0 Å². The topological polar surface area (TPSA) is 17.1 Å². The van der Waals surface area contributed by atoms with Gasteiger partial charge < -0.3 is 0 Å². The first-order chi connectivity index (χ1) is 7.15. The van der Waals surface area contributed by atoms with Crippen LogP contribution >= 0.6 is 0 Å². The molecule has 1 aliphatic carbocycles. The molecule has 2 rings (SSSR count). The van der Waals surface area contributed by atoms with Crippen molar-refractivity contribution in [3.8, 4) is 0 Å². The molecule has 1 aromatic rings. The van der Waals surface area contributed by atoms with Gasteiger partial charge in [-0.25, -0.2) is 0 Å². The van der Waals surface area contributed by atoms with Crippen LogP contribution in [-0.2, 0) is 11.2 Å². The Kier molecular flexibility index (Phi) is 2.72. The molecule has 0 radical (unpaired) electrons. The van der Waals surface area contributed by atoms with Gasteiger partial charge in [0, 0.05) is 6.42 Å². The number of aryl methyl sites for hydroxylation is 2. The molecular weight excluding hydrogens is 184 g/mol. The number of hydrogen-bond acceptors (Lipinski definition) is 1. The number of carbonyl (C=O) groups is 1. The van der Waals surface area contributed by atoms with E-state index in [4.69, 9.17) is 0 Å². The van der Waals surface area contributed by atoms with Crippen molar-refractivity contribution < 1.29 is 4.79 Å². The Bertz CT molecular complexity index is 427. The summed E-state index contributed by atoms with van der Waals surface area (Å²) in [6.45, 7) is 4.25. The first-order valence-electron chi connectivity index (χ1n) is 5.43. The van der Waals surface area contributed by atoms with Gasteiger partial charge in [0.1, 0.15) is 0 Å². The molecular formula is C14H16O. The zero-order chi connectivity index (χ0) is 10.8. The van der Waals surface area contributed by atoms with Gasteiger partial charge in [0.15, 0.2) is 5.78 Å². The van der Waals surface area contributed by atoms with E-state index >= 15 is 0 Å². The van der Waals surface area contributed by atoms with E-state index in [0.717, 1.165) is 12.8 Å². The highest BCUT2D eigenvalue weighted by molar-refractivity contribution is 5.93. The summed E-state index contributed by atoms with van der Waals surface area (Å²) in [7, 11) is 0. The second kappa shape index (κ2) is 4.01. The molecule has 0 atom stereocenters. The van der Waals surface area contributed by atoms with Crippen LogP contribution in [0, 0.1) is 13.8 Å². The van der Waals surface area contributed by atoms with Gasteiger partial charge in [-0.3, -0.25) is 4.79 Å². The van der Waals surface area contributed by atoms with Crippen LogP contribution in [-0.4, -0.2) is 5.78 Å². The molecule has 1 heteroatoms. The van der Waals surface area contributed by atoms with Crippen molar-refractivity contribution in [1.29, 1.82) is 0 Å². The van der Waals surface area contributed by atoms with Crippen LogP contribution in [0.1, 0.15) is 29.5 Å². The summed E-state index contributed by atoms with van der Waals surface area (Å²) in [6, 6.07) is 6.53. The maximum atomic E-state index is 11.1. The van der Waals surface area contributed by atoms with Crippen molar-refractivity contribution in [1.82, 2.24) is 0 Å². The molecule has 78 valence electrons. The molecule has 1 nitrogen and oxygen atoms in total. The maximum absolute atomic E-state index is 11.1. The summed E-state index contributed by atoms with van der Waals surface area (Å²) in [5.74, 6) is 0.286. The van der Waals surface area contributed by atoms with Crippen LogP contribution in [0.25, 0.3) is 0 Å². The van der Waals surface area contributed by atoms with Crippen LogP contribution in [0.4, 0.5) is 0 Å². The van der Waals surface area contributed by atoms with Crippen LogP contribution in [0.2, 0.25) is 0 Å². The van der Waals surface area contributed by atoms with E-state index < -0.39 is 0 Å². The lowest BCUT2D eigenvalue weighted by molar-refractivity contribution is -0.114. The second-order valence-electron chi connectivity index (χ2n) is 4.36. The van der Waals surface area contributed by atoms with Crippen LogP contribution in [0.3, 0.4) is 0 Å². The van der Waals surface area contributed by atoms with Gasteiger partial charge in [0.2, 0.25) is 0 Å². The number of carbonyl (C=O) groups excluding carboxylic acids is 1. The molecule has 1 aromatic carbocycles. The highest BCUT2D eigenvalue weighted by Gasteiger charge is 2.12. The van der Waals surface area contributed by atoms with E-state index in [9.17, 15) is 4.79 Å². The van der Waals surface area contributed by atoms with Crippen LogP contribution < -0.4 is 0 Å². The number of hydrogen-bond donors (Lipinski definition) is 0. The van der Waals surface area contributed by atoms with Crippen molar-refractivity contribution in [3.05, 3.63) is 46.5 Å². The predicted octanol–water partition coefficient (Wildman–Crippen LogP) is 3.14. The van der Waals surface area contributed by atoms with Crippen LogP contribution in [0.15, 0.2) is 29.8 Å². The van der Waals surface area contributed by atoms with E-state index in [1.165, 1.54) is 22.3 Å². The molecule has 0 amide bonds. The van der Waals surface area contributed by atoms with Gasteiger partial charge in [0.25, 0.3) is 0 Å². The quantitative estimate of drug-likeness (QED) is 0.716. The molecule has 1 aliphatic rings. The minimum absolute atomic E-state index is 0.286. The molecule has 0 saturated heterocycles. The Morgan fingerprint density at radius 2 is 1.93 bits per heavy atom. The summed E-state index contributed by atoms with van der Waals surface area (Å²) < 4.78 is 0. The number of rotatable bonds is 2. The smallest absolute Gasteiger partial charge is 0.155 e. The Morgan fingerprint density at radius 3 is 2.53 bits per heavy atom. The van der Waals surface area contributed by atoms with Gasteiger partial charge in [-0.05, 0) is 49.5 Å². The molecule has 0 unspecified atom stereocenters. The molecule has 0 saturated carbocycles. The van der Waals surface area contributed by atoms with Gasteiger partial charge in [-0.2, -0.15) is 0 Å². The van der Waals surface area contributed by atoms with E-state index in [2.05, 4.69) is 32.0 Å². The average Bonchev–Trinajstić information content (AvgIpc) is 2.58. The molecule has 0 fully saturated rings. The lowest BCUT2D eigenvalue weighted by Gasteiger charge is -2.05. The normalized spacial score (nSPS) is 15.6. The summed E-state index contributed by atoms with van der Waals surface area (Å²) in [4.78, 5) is 11.1. The Morgan fingerprint density at radius 1 is 1.13 bits per heavy atom. The third-order valence-corrected chi connectivity index (χ3v) is 3.06. The van der Waals surface area contributed by atoms with Gasteiger partial charge in [-0.1, -0.05) is 23.8 Å². The molecule has 0 N–H and O–H groups in total. The fourth-order valence-electron chi connectivity index (χ4n) is 1.97. The van der Waals surface area contributed by atoms with Crippen molar-refractivity contribution in [2.45, 2.75) is 33.1 Å². The lowest BCUT2D eigenvalue weighted by atomic mass is 10.0. The molecule has 15 heavy (non-hydrogen) atoms. The highest BCUT2D eigenvalue weighted by Crippen LogP contribution is 2.20. The number of allylic oxidation sites excluding steroid dienone is 2. The first kappa shape index (κ1) is 10.2. The molecule has 0 spiro atoms. The number of benzene rings is 1. The third-order valence-electron chi connectivity index (χ3n) is 3.06. The third kappa shape index (κ3) is 2.35. The first-order valence-corrected chi connectivity index (χ1v) is 5.43. The average molecular weight is 200 g/mol. The fourth-order valence-corrected chi connectivity index (χ4v) is 1.97. The van der Waals surface area contributed by atoms with E-state index in [1.54, 1.807) is 0 Å². The Hall–Kier alpha value is -1.37. The number of ketones is 1. The monoisotopic (exact) mass is 200 g/mol. The lowest BCUT2D eigenvalue weighted by Crippen LogP contribution is -1.90. The highest BCUT2D eigenvalue weighted by atomic mass is 16.1. The van der Waals surface area contributed by atoms with E-state index in [0.29, 0.717) is 6.42 Å². The Balaban J connectivity index is 2.14. The van der Waals surface area contributed by atoms with Crippen molar-refractivity contribution >= 4 is 5.78 Å². The van der Waals surface area contributed by atoms with Gasteiger partial charge >= 0.3 is 0 Å². The standard InChI is InChI=1S/C14H16O/c1-10-3-4-12(7-11(10)2)8-13-5-6-14(15)9-13/h3-4,7,9H,5-6,8H2,1-2H3. The summed E-state index contributed by atoms with van der Waals surface area (Å²) in [5, 5.41) is 0. The SMILES string of the molecule is Cc1ccc(CC2=CC(=O)CC2)cc1C. The largest absolute Gasteiger partial charge is 0.295 e. The zero-order valence-corrected chi connectivity index (χ0v) is 9.34. The van der Waals surface area contributed by atoms with Gasteiger partial charge in [0.05, 0.1) is 0 Å². The van der Waals surface area contributed by atoms with Crippen molar-refractivity contribution in [2.75, 3.05) is 0 Å². The van der Waals surface area contributed by atoms with E-state index in [1.807, 2.05) is 6.08 Å².